The Morgan fingerprint density at radius 1 is 1.37 bits per heavy atom. The van der Waals surface area contributed by atoms with Gasteiger partial charge in [-0.05, 0) is 55.7 Å². The second-order valence-corrected chi connectivity index (χ2v) is 7.56. The number of amides is 1. The summed E-state index contributed by atoms with van der Waals surface area (Å²) in [6.07, 6.45) is 1.61. The third-order valence-corrected chi connectivity index (χ3v) is 4.92. The van der Waals surface area contributed by atoms with Gasteiger partial charge in [0.15, 0.2) is 0 Å². The van der Waals surface area contributed by atoms with Gasteiger partial charge in [-0.3, -0.25) is 9.59 Å². The minimum Gasteiger partial charge on any atom is -0.345 e. The summed E-state index contributed by atoms with van der Waals surface area (Å²) in [7, 11) is 3.47. The monoisotopic (exact) mass is 381 g/mol. The van der Waals surface area contributed by atoms with Gasteiger partial charge >= 0.3 is 0 Å². The number of nitrogens with one attached hydrogen (secondary N) is 2. The van der Waals surface area contributed by atoms with E-state index < -0.39 is 0 Å². The largest absolute Gasteiger partial charge is 0.345 e. The quantitative estimate of drug-likeness (QED) is 0.663. The van der Waals surface area contributed by atoms with Crippen molar-refractivity contribution in [2.45, 2.75) is 11.8 Å². The highest BCUT2D eigenvalue weighted by Gasteiger charge is 2.13. The zero-order valence-electron chi connectivity index (χ0n) is 15.2. The number of H-pyrrole nitrogens is 1. The fraction of sp³-hybridized carbons (Fsp3) is 0.211. The Bertz CT molecular complexity index is 1110. The summed E-state index contributed by atoms with van der Waals surface area (Å²) >= 11 is 1.42. The number of carbonyl (C=O) groups is 1. The maximum atomic E-state index is 12.3. The number of aromatic amines is 1. The van der Waals surface area contributed by atoms with E-state index in [1.165, 1.54) is 22.6 Å². The first-order valence-corrected chi connectivity index (χ1v) is 9.02. The van der Waals surface area contributed by atoms with E-state index in [-0.39, 0.29) is 18.0 Å². The van der Waals surface area contributed by atoms with Crippen molar-refractivity contribution in [2.75, 3.05) is 18.9 Å². The molecule has 0 spiro atoms. The standard InChI is InChI=1S/C19H19N5O2S/c1-12-6-13-8-15(10-20)22-19(13)16(7-12)27-24(3)11-17(25)21-14-4-5-23(2)18(26)9-14/h4-9,22H,11H2,1-3H3,(H,21,25). The number of hydrogen-bond acceptors (Lipinski definition) is 5. The summed E-state index contributed by atoms with van der Waals surface area (Å²) in [5.41, 5.74) is 2.75. The van der Waals surface area contributed by atoms with Crippen LogP contribution >= 0.6 is 11.9 Å². The molecule has 0 unspecified atom stereocenters. The molecule has 0 aliphatic rings. The molecule has 2 N–H and O–H groups in total. The van der Waals surface area contributed by atoms with Crippen molar-refractivity contribution >= 4 is 34.4 Å². The normalized spacial score (nSPS) is 10.9. The molecule has 0 saturated carbocycles. The van der Waals surface area contributed by atoms with Gasteiger partial charge in [-0.2, -0.15) is 5.26 Å². The van der Waals surface area contributed by atoms with Crippen LogP contribution in [0.1, 0.15) is 11.3 Å². The van der Waals surface area contributed by atoms with Crippen LogP contribution < -0.4 is 10.9 Å². The Kier molecular flexibility index (Phi) is 5.35. The molecule has 0 aliphatic carbocycles. The van der Waals surface area contributed by atoms with Gasteiger partial charge in [0, 0.05) is 35.3 Å². The maximum Gasteiger partial charge on any atom is 0.252 e. The van der Waals surface area contributed by atoms with E-state index >= 15 is 0 Å². The number of benzene rings is 1. The highest BCUT2D eigenvalue weighted by atomic mass is 32.2. The number of hydrogen-bond donors (Lipinski definition) is 2. The number of fused-ring (bicyclic) bond motifs is 1. The van der Waals surface area contributed by atoms with Crippen LogP contribution in [0.4, 0.5) is 5.69 Å². The lowest BCUT2D eigenvalue weighted by atomic mass is 10.2. The van der Waals surface area contributed by atoms with Crippen LogP contribution in [0.3, 0.4) is 0 Å². The fourth-order valence-electron chi connectivity index (χ4n) is 2.72. The summed E-state index contributed by atoms with van der Waals surface area (Å²) in [4.78, 5) is 27.9. The van der Waals surface area contributed by atoms with E-state index in [2.05, 4.69) is 16.4 Å². The Balaban J connectivity index is 1.71. The third kappa shape index (κ3) is 4.39. The fourth-order valence-corrected chi connectivity index (χ4v) is 3.73. The number of nitrogens with zero attached hydrogens (tertiary/aromatic N) is 3. The van der Waals surface area contributed by atoms with Crippen molar-refractivity contribution < 1.29 is 4.79 Å². The van der Waals surface area contributed by atoms with Gasteiger partial charge < -0.3 is 14.9 Å². The minimum atomic E-state index is -0.216. The Labute approximate surface area is 160 Å². The zero-order valence-corrected chi connectivity index (χ0v) is 16.1. The van der Waals surface area contributed by atoms with Crippen molar-refractivity contribution in [3.05, 3.63) is 58.1 Å². The Morgan fingerprint density at radius 2 is 2.15 bits per heavy atom. The topological polar surface area (TPSA) is 93.9 Å². The molecule has 0 bridgehead atoms. The van der Waals surface area contributed by atoms with Crippen LogP contribution in [-0.2, 0) is 11.8 Å². The number of aromatic nitrogens is 2. The first-order valence-electron chi connectivity index (χ1n) is 8.25. The predicted octanol–water partition coefficient (Wildman–Crippen LogP) is 2.62. The number of aryl methyl sites for hydroxylation is 2. The van der Waals surface area contributed by atoms with Gasteiger partial charge in [0.2, 0.25) is 5.91 Å². The summed E-state index contributed by atoms with van der Waals surface area (Å²) in [5, 5.41) is 12.8. The molecule has 3 rings (SSSR count). The molecule has 138 valence electrons. The van der Waals surface area contributed by atoms with Gasteiger partial charge in [-0.25, -0.2) is 4.31 Å². The summed E-state index contributed by atoms with van der Waals surface area (Å²) in [5.74, 6) is -0.216. The average molecular weight is 381 g/mol. The minimum absolute atomic E-state index is 0.140. The van der Waals surface area contributed by atoms with Crippen LogP contribution in [0.15, 0.2) is 46.2 Å². The predicted molar refractivity (Wildman–Crippen MR) is 107 cm³/mol. The van der Waals surface area contributed by atoms with E-state index in [9.17, 15) is 9.59 Å². The number of nitriles is 1. The Morgan fingerprint density at radius 3 is 2.85 bits per heavy atom. The molecular formula is C19H19N5O2S. The summed E-state index contributed by atoms with van der Waals surface area (Å²) in [6, 6.07) is 11.0. The molecule has 8 heteroatoms. The molecule has 2 heterocycles. The smallest absolute Gasteiger partial charge is 0.252 e. The molecule has 1 aromatic carbocycles. The summed E-state index contributed by atoms with van der Waals surface area (Å²) in [6.45, 7) is 2.13. The Hall–Kier alpha value is -3.02. The molecule has 27 heavy (non-hydrogen) atoms. The molecule has 0 aliphatic heterocycles. The van der Waals surface area contributed by atoms with E-state index in [1.807, 2.05) is 32.2 Å². The molecule has 2 aromatic heterocycles. The van der Waals surface area contributed by atoms with Crippen molar-refractivity contribution in [1.29, 1.82) is 5.26 Å². The second kappa shape index (κ2) is 7.70. The number of anilines is 1. The lowest BCUT2D eigenvalue weighted by Gasteiger charge is -2.16. The maximum absolute atomic E-state index is 12.3. The molecule has 0 radical (unpaired) electrons. The van der Waals surface area contributed by atoms with Gasteiger partial charge in [0.1, 0.15) is 11.8 Å². The van der Waals surface area contributed by atoms with E-state index in [0.717, 1.165) is 21.4 Å². The van der Waals surface area contributed by atoms with Crippen LogP contribution in [0, 0.1) is 18.3 Å². The SMILES string of the molecule is Cc1cc(SN(C)CC(=O)Nc2ccn(C)c(=O)c2)c2[nH]c(C#N)cc2c1. The highest BCUT2D eigenvalue weighted by Crippen LogP contribution is 2.31. The van der Waals surface area contributed by atoms with Crippen LogP contribution in [0.5, 0.6) is 0 Å². The molecular weight excluding hydrogens is 362 g/mol. The highest BCUT2D eigenvalue weighted by molar-refractivity contribution is 7.97. The van der Waals surface area contributed by atoms with Gasteiger partial charge in [-0.15, -0.1) is 0 Å². The van der Waals surface area contributed by atoms with Crippen molar-refractivity contribution in [3.63, 3.8) is 0 Å². The zero-order chi connectivity index (χ0) is 19.6. The van der Waals surface area contributed by atoms with E-state index in [1.54, 1.807) is 23.6 Å². The van der Waals surface area contributed by atoms with Crippen molar-refractivity contribution in [1.82, 2.24) is 13.9 Å². The van der Waals surface area contributed by atoms with Gasteiger partial charge in [0.05, 0.1) is 12.1 Å². The number of pyridine rings is 1. The second-order valence-electron chi connectivity index (χ2n) is 6.31. The lowest BCUT2D eigenvalue weighted by molar-refractivity contribution is -0.116. The molecule has 7 nitrogen and oxygen atoms in total. The number of carbonyl (C=O) groups excluding carboxylic acids is 1. The first kappa shape index (κ1) is 18.8. The van der Waals surface area contributed by atoms with Crippen LogP contribution in [-0.4, -0.2) is 33.4 Å². The summed E-state index contributed by atoms with van der Waals surface area (Å²) < 4.78 is 3.24. The molecule has 0 atom stereocenters. The first-order chi connectivity index (χ1) is 12.9. The third-order valence-electron chi connectivity index (χ3n) is 3.97. The number of rotatable bonds is 5. The van der Waals surface area contributed by atoms with Crippen LogP contribution in [0.25, 0.3) is 10.9 Å². The van der Waals surface area contributed by atoms with Gasteiger partial charge in [-0.1, -0.05) is 0 Å². The number of likely N-dealkylation sites (N-methyl/N-ethyl adjacent to an activating group) is 1. The van der Waals surface area contributed by atoms with Crippen LogP contribution in [0.2, 0.25) is 0 Å². The molecule has 3 aromatic rings. The lowest BCUT2D eigenvalue weighted by Crippen LogP contribution is -2.26. The molecule has 0 fully saturated rings. The molecule has 1 amide bonds. The van der Waals surface area contributed by atoms with Crippen molar-refractivity contribution in [3.8, 4) is 6.07 Å². The molecule has 0 saturated heterocycles. The average Bonchev–Trinajstić information content (AvgIpc) is 3.01. The van der Waals surface area contributed by atoms with Crippen molar-refractivity contribution in [2.24, 2.45) is 7.05 Å². The van der Waals surface area contributed by atoms with E-state index in [4.69, 9.17) is 5.26 Å². The van der Waals surface area contributed by atoms with Gasteiger partial charge in [0.25, 0.3) is 5.56 Å². The van der Waals surface area contributed by atoms with E-state index in [0.29, 0.717) is 11.4 Å².